The van der Waals surface area contributed by atoms with Gasteiger partial charge in [-0.1, -0.05) is 6.92 Å². The maximum atomic E-state index is 13.4. The minimum Gasteiger partial charge on any atom is -0.432 e. The number of hydrogen-bond acceptors (Lipinski definition) is 3. The van der Waals surface area contributed by atoms with Gasteiger partial charge in [-0.15, -0.1) is 0 Å². The van der Waals surface area contributed by atoms with Gasteiger partial charge in [0.05, 0.1) is 11.4 Å². The van der Waals surface area contributed by atoms with Crippen molar-refractivity contribution in [1.29, 1.82) is 0 Å². The summed E-state index contributed by atoms with van der Waals surface area (Å²) in [6.45, 7) is -0.136. The van der Waals surface area contributed by atoms with Gasteiger partial charge in [-0.3, -0.25) is 0 Å². The van der Waals surface area contributed by atoms with E-state index in [2.05, 4.69) is 11.7 Å². The third kappa shape index (κ3) is 3.24. The van der Waals surface area contributed by atoms with Crippen LogP contribution in [0.2, 0.25) is 0 Å². The molecule has 0 aromatic heterocycles. The number of hydrogen-bond donors (Lipinski definition) is 1. The lowest BCUT2D eigenvalue weighted by Gasteiger charge is -2.22. The van der Waals surface area contributed by atoms with Gasteiger partial charge < -0.3 is 15.4 Å². The predicted octanol–water partition coefficient (Wildman–Crippen LogP) is 3.10. The van der Waals surface area contributed by atoms with Crippen molar-refractivity contribution in [1.82, 2.24) is 0 Å². The summed E-state index contributed by atoms with van der Waals surface area (Å²) < 4.78 is 41.9. The van der Waals surface area contributed by atoms with E-state index >= 15 is 0 Å². The summed E-state index contributed by atoms with van der Waals surface area (Å²) in [5, 5.41) is 0. The van der Waals surface area contributed by atoms with E-state index in [1.165, 1.54) is 6.07 Å². The summed E-state index contributed by atoms with van der Waals surface area (Å²) in [6.07, 6.45) is 1.14. The van der Waals surface area contributed by atoms with Crippen LogP contribution in [0.1, 0.15) is 13.3 Å². The third-order valence-electron chi connectivity index (χ3n) is 3.49. The van der Waals surface area contributed by atoms with Crippen LogP contribution in [-0.4, -0.2) is 20.2 Å². The summed E-state index contributed by atoms with van der Waals surface area (Å²) in [5.41, 5.74) is 6.46. The molecule has 0 heterocycles. The lowest BCUT2D eigenvalue weighted by molar-refractivity contribution is -0.0521. The Balaban J connectivity index is 2.18. The Labute approximate surface area is 110 Å². The molecule has 2 unspecified atom stereocenters. The van der Waals surface area contributed by atoms with E-state index in [0.717, 1.165) is 19.0 Å². The number of nitrogens with zero attached hydrogens (tertiary/aromatic N) is 1. The molecule has 19 heavy (non-hydrogen) atoms. The molecule has 2 N–H and O–H groups in total. The highest BCUT2D eigenvalue weighted by Gasteiger charge is 2.33. The topological polar surface area (TPSA) is 38.5 Å². The minimum atomic E-state index is -3.06. The van der Waals surface area contributed by atoms with Crippen molar-refractivity contribution in [3.63, 3.8) is 0 Å². The fourth-order valence-corrected chi connectivity index (χ4v) is 2.18. The zero-order valence-corrected chi connectivity index (χ0v) is 10.9. The minimum absolute atomic E-state index is 0.218. The molecule has 0 spiro atoms. The molecule has 1 aliphatic carbocycles. The summed E-state index contributed by atoms with van der Waals surface area (Å²) in [5.74, 6) is -0.112. The lowest BCUT2D eigenvalue weighted by atomic mass is 10.2. The van der Waals surface area contributed by atoms with Crippen LogP contribution < -0.4 is 15.4 Å². The first-order valence-electron chi connectivity index (χ1n) is 6.13. The molecule has 0 aliphatic heterocycles. The summed E-state index contributed by atoms with van der Waals surface area (Å²) in [7, 11) is 1.81. The Morgan fingerprint density at radius 1 is 1.47 bits per heavy atom. The molecule has 1 aromatic rings. The van der Waals surface area contributed by atoms with E-state index in [1.54, 1.807) is 7.05 Å². The van der Waals surface area contributed by atoms with Crippen molar-refractivity contribution in [2.24, 2.45) is 11.8 Å². The Hall–Kier alpha value is -1.59. The molecular formula is C13H17F3N2O. The summed E-state index contributed by atoms with van der Waals surface area (Å²) >= 11 is 0. The van der Waals surface area contributed by atoms with Crippen LogP contribution in [0.25, 0.3) is 0 Å². The van der Waals surface area contributed by atoms with Gasteiger partial charge in [0.2, 0.25) is 0 Å². The zero-order valence-electron chi connectivity index (χ0n) is 10.9. The Kier molecular flexibility index (Phi) is 3.78. The Bertz CT molecular complexity index is 467. The van der Waals surface area contributed by atoms with Crippen molar-refractivity contribution in [2.45, 2.75) is 20.0 Å². The number of halogens is 3. The van der Waals surface area contributed by atoms with Gasteiger partial charge in [0.25, 0.3) is 0 Å². The fourth-order valence-electron chi connectivity index (χ4n) is 2.18. The van der Waals surface area contributed by atoms with E-state index in [-0.39, 0.29) is 5.69 Å². The molecule has 6 heteroatoms. The van der Waals surface area contributed by atoms with Gasteiger partial charge in [-0.25, -0.2) is 4.39 Å². The summed E-state index contributed by atoms with van der Waals surface area (Å²) in [4.78, 5) is 1.85. The number of ether oxygens (including phenoxy) is 1. The molecule has 1 aromatic carbocycles. The smallest absolute Gasteiger partial charge is 0.387 e. The third-order valence-corrected chi connectivity index (χ3v) is 3.49. The largest absolute Gasteiger partial charge is 0.432 e. The molecule has 106 valence electrons. The van der Waals surface area contributed by atoms with Gasteiger partial charge in [-0.05, 0) is 18.3 Å². The van der Waals surface area contributed by atoms with Crippen LogP contribution in [0.15, 0.2) is 12.1 Å². The molecule has 1 aliphatic rings. The number of rotatable bonds is 5. The number of nitrogen functional groups attached to an aromatic ring is 1. The standard InChI is InChI=1S/C13H17F3N2O/c1-7-3-8(7)6-18(2)11-5-12(19-13(15)16)9(14)4-10(11)17/h4-5,7-8,13H,3,6,17H2,1-2H3. The molecule has 1 fully saturated rings. The molecule has 0 amide bonds. The van der Waals surface area contributed by atoms with Crippen LogP contribution in [0.4, 0.5) is 24.5 Å². The maximum absolute atomic E-state index is 13.4. The number of nitrogens with two attached hydrogens (primary N) is 1. The van der Waals surface area contributed by atoms with Gasteiger partial charge in [0.1, 0.15) is 0 Å². The molecule has 2 rings (SSSR count). The highest BCUT2D eigenvalue weighted by atomic mass is 19.3. The van der Waals surface area contributed by atoms with Crippen LogP contribution >= 0.6 is 0 Å². The van der Waals surface area contributed by atoms with Crippen molar-refractivity contribution in [3.05, 3.63) is 17.9 Å². The molecule has 0 saturated heterocycles. The Morgan fingerprint density at radius 2 is 2.11 bits per heavy atom. The van der Waals surface area contributed by atoms with Gasteiger partial charge >= 0.3 is 6.61 Å². The molecule has 1 saturated carbocycles. The van der Waals surface area contributed by atoms with Crippen LogP contribution in [0, 0.1) is 17.7 Å². The first kappa shape index (κ1) is 13.8. The highest BCUT2D eigenvalue weighted by molar-refractivity contribution is 5.69. The maximum Gasteiger partial charge on any atom is 0.387 e. The molecule has 2 atom stereocenters. The fraction of sp³-hybridized carbons (Fsp3) is 0.538. The second kappa shape index (κ2) is 5.19. The number of anilines is 2. The van der Waals surface area contributed by atoms with Gasteiger partial charge in [0, 0.05) is 25.7 Å². The van der Waals surface area contributed by atoms with E-state index < -0.39 is 18.2 Å². The van der Waals surface area contributed by atoms with Gasteiger partial charge in [0.15, 0.2) is 11.6 Å². The van der Waals surface area contributed by atoms with Crippen molar-refractivity contribution >= 4 is 11.4 Å². The van der Waals surface area contributed by atoms with Gasteiger partial charge in [-0.2, -0.15) is 8.78 Å². The van der Waals surface area contributed by atoms with Crippen molar-refractivity contribution in [2.75, 3.05) is 24.2 Å². The van der Waals surface area contributed by atoms with Crippen LogP contribution in [0.5, 0.6) is 5.75 Å². The SMILES string of the molecule is CC1CC1CN(C)c1cc(OC(F)F)c(F)cc1N. The van der Waals surface area contributed by atoms with Crippen molar-refractivity contribution < 1.29 is 17.9 Å². The van der Waals surface area contributed by atoms with Crippen molar-refractivity contribution in [3.8, 4) is 5.75 Å². The average molecular weight is 274 g/mol. The van der Waals surface area contributed by atoms with E-state index in [0.29, 0.717) is 17.5 Å². The summed E-state index contributed by atoms with van der Waals surface area (Å²) in [6, 6.07) is 2.24. The van der Waals surface area contributed by atoms with E-state index in [9.17, 15) is 13.2 Å². The monoisotopic (exact) mass is 274 g/mol. The second-order valence-electron chi connectivity index (χ2n) is 5.07. The quantitative estimate of drug-likeness (QED) is 0.838. The van der Waals surface area contributed by atoms with E-state index in [4.69, 9.17) is 5.73 Å². The molecule has 3 nitrogen and oxygen atoms in total. The molecule has 0 bridgehead atoms. The molecular weight excluding hydrogens is 257 g/mol. The predicted molar refractivity (Wildman–Crippen MR) is 68.0 cm³/mol. The average Bonchev–Trinajstić information content (AvgIpc) is 2.97. The zero-order chi connectivity index (χ0) is 14.2. The Morgan fingerprint density at radius 3 is 2.63 bits per heavy atom. The normalized spacial score (nSPS) is 21.6. The highest BCUT2D eigenvalue weighted by Crippen LogP contribution is 2.40. The van der Waals surface area contributed by atoms with Crippen LogP contribution in [0.3, 0.4) is 0 Å². The molecule has 0 radical (unpaired) electrons. The first-order chi connectivity index (χ1) is 8.88. The number of alkyl halides is 2. The number of benzene rings is 1. The van der Waals surface area contributed by atoms with Crippen LogP contribution in [-0.2, 0) is 0 Å². The first-order valence-corrected chi connectivity index (χ1v) is 6.13. The van der Waals surface area contributed by atoms with E-state index in [1.807, 2.05) is 4.90 Å². The lowest BCUT2D eigenvalue weighted by Crippen LogP contribution is -2.22. The second-order valence-corrected chi connectivity index (χ2v) is 5.07.